The molecular formula is C28H24BrNO7S. The lowest BCUT2D eigenvalue weighted by Gasteiger charge is -2.18. The van der Waals surface area contributed by atoms with E-state index >= 15 is 0 Å². The molecule has 2 heterocycles. The molecule has 0 aliphatic heterocycles. The van der Waals surface area contributed by atoms with Crippen molar-refractivity contribution in [2.45, 2.75) is 26.2 Å². The van der Waals surface area contributed by atoms with E-state index in [4.69, 9.17) is 18.6 Å². The van der Waals surface area contributed by atoms with Gasteiger partial charge in [-0.05, 0) is 70.9 Å². The van der Waals surface area contributed by atoms with Crippen LogP contribution in [0.5, 0.6) is 17.2 Å². The van der Waals surface area contributed by atoms with Crippen LogP contribution in [0, 0.1) is 5.92 Å². The largest absolute Gasteiger partial charge is 0.484 e. The summed E-state index contributed by atoms with van der Waals surface area (Å²) in [5, 5.41) is 3.60. The van der Waals surface area contributed by atoms with Gasteiger partial charge >= 0.3 is 5.97 Å². The van der Waals surface area contributed by atoms with E-state index < -0.39 is 11.9 Å². The summed E-state index contributed by atoms with van der Waals surface area (Å²) in [6.07, 6.45) is 3.88. The van der Waals surface area contributed by atoms with Crippen molar-refractivity contribution in [3.63, 3.8) is 0 Å². The lowest BCUT2D eigenvalue weighted by atomic mass is 9.88. The molecule has 10 heteroatoms. The number of rotatable bonds is 7. The van der Waals surface area contributed by atoms with E-state index in [0.29, 0.717) is 43.4 Å². The molecule has 2 aromatic heterocycles. The van der Waals surface area contributed by atoms with E-state index in [1.54, 1.807) is 30.3 Å². The van der Waals surface area contributed by atoms with Crippen LogP contribution >= 0.6 is 27.3 Å². The fourth-order valence-corrected chi connectivity index (χ4v) is 6.15. The molecule has 0 fully saturated rings. The third-order valence-corrected chi connectivity index (χ3v) is 8.12. The summed E-state index contributed by atoms with van der Waals surface area (Å²) in [7, 11) is 1.33. The van der Waals surface area contributed by atoms with Crippen molar-refractivity contribution in [2.75, 3.05) is 19.0 Å². The molecule has 1 unspecified atom stereocenters. The summed E-state index contributed by atoms with van der Waals surface area (Å²) in [4.78, 5) is 39.2. The van der Waals surface area contributed by atoms with Crippen LogP contribution < -0.4 is 20.2 Å². The third kappa shape index (κ3) is 5.32. The molecule has 0 radical (unpaired) electrons. The number of benzene rings is 2. The van der Waals surface area contributed by atoms with Gasteiger partial charge in [-0.1, -0.05) is 19.1 Å². The molecular weight excluding hydrogens is 574 g/mol. The number of esters is 1. The highest BCUT2D eigenvalue weighted by Gasteiger charge is 2.29. The van der Waals surface area contributed by atoms with Crippen LogP contribution in [-0.2, 0) is 22.4 Å². The van der Waals surface area contributed by atoms with Crippen molar-refractivity contribution in [1.82, 2.24) is 0 Å². The van der Waals surface area contributed by atoms with Crippen LogP contribution in [0.3, 0.4) is 0 Å². The molecule has 4 aromatic rings. The number of ether oxygens (including phenoxy) is 3. The summed E-state index contributed by atoms with van der Waals surface area (Å²) in [5.41, 5.74) is 1.35. The molecule has 1 aliphatic carbocycles. The lowest BCUT2D eigenvalue weighted by Crippen LogP contribution is -2.21. The molecule has 196 valence electrons. The van der Waals surface area contributed by atoms with Gasteiger partial charge in [-0.3, -0.25) is 9.59 Å². The van der Waals surface area contributed by atoms with Gasteiger partial charge in [0.25, 0.3) is 5.91 Å². The zero-order valence-electron chi connectivity index (χ0n) is 20.7. The normalized spacial score (nSPS) is 14.6. The molecule has 1 N–H and O–H groups in total. The maximum Gasteiger partial charge on any atom is 0.341 e. The van der Waals surface area contributed by atoms with E-state index in [1.165, 1.54) is 30.8 Å². The molecule has 1 aliphatic rings. The first-order chi connectivity index (χ1) is 18.3. The Morgan fingerprint density at radius 2 is 2.00 bits per heavy atom. The average Bonchev–Trinajstić information content (AvgIpc) is 3.26. The van der Waals surface area contributed by atoms with Crippen LogP contribution in [0.25, 0.3) is 11.0 Å². The molecule has 1 atom stereocenters. The topological polar surface area (TPSA) is 104 Å². The Balaban J connectivity index is 1.29. The molecule has 38 heavy (non-hydrogen) atoms. The number of para-hydroxylation sites is 1. The summed E-state index contributed by atoms with van der Waals surface area (Å²) in [6, 6.07) is 11.9. The number of thiophene rings is 1. The van der Waals surface area contributed by atoms with Gasteiger partial charge in [-0.25, -0.2) is 4.79 Å². The molecule has 0 saturated carbocycles. The standard InChI is InChI=1S/C28H24BrNO7S/c1-15-7-9-18-23(11-15)38-27(25(18)28(33)34-2)30-24(31)14-35-16-8-10-17-21(12-16)36-13-22(26(17)32)37-20-6-4-3-5-19(20)29/h3-6,8,10,12-13,15H,7,9,11,14H2,1-2H3,(H,30,31). The van der Waals surface area contributed by atoms with Crippen molar-refractivity contribution >= 4 is 55.1 Å². The van der Waals surface area contributed by atoms with E-state index in [0.717, 1.165) is 29.7 Å². The van der Waals surface area contributed by atoms with Crippen LogP contribution in [0.15, 0.2) is 62.4 Å². The zero-order valence-corrected chi connectivity index (χ0v) is 23.1. The molecule has 0 spiro atoms. The summed E-state index contributed by atoms with van der Waals surface area (Å²) in [5.74, 6) is 0.534. The van der Waals surface area contributed by atoms with Gasteiger partial charge in [0.05, 0.1) is 22.5 Å². The molecule has 2 aromatic carbocycles. The monoisotopic (exact) mass is 597 g/mol. The average molecular weight is 598 g/mol. The van der Waals surface area contributed by atoms with Crippen LogP contribution in [0.1, 0.15) is 34.1 Å². The SMILES string of the molecule is COC(=O)c1c(NC(=O)COc2ccc3c(=O)c(Oc4ccccc4Br)coc3c2)sc2c1CCC(C)C2. The van der Waals surface area contributed by atoms with Crippen molar-refractivity contribution in [1.29, 1.82) is 0 Å². The minimum absolute atomic E-state index is 0.0481. The van der Waals surface area contributed by atoms with Crippen LogP contribution in [-0.4, -0.2) is 25.6 Å². The minimum Gasteiger partial charge on any atom is -0.484 e. The van der Waals surface area contributed by atoms with E-state index in [2.05, 4.69) is 28.2 Å². The molecule has 0 saturated heterocycles. The van der Waals surface area contributed by atoms with Crippen molar-refractivity contribution in [3.05, 3.63) is 79.4 Å². The summed E-state index contributed by atoms with van der Waals surface area (Å²) < 4.78 is 22.7. The highest BCUT2D eigenvalue weighted by Crippen LogP contribution is 2.40. The Morgan fingerprint density at radius 1 is 1.18 bits per heavy atom. The second kappa shape index (κ2) is 11.0. The Labute approximate surface area is 230 Å². The number of amides is 1. The van der Waals surface area contributed by atoms with Crippen molar-refractivity contribution in [3.8, 4) is 17.2 Å². The quantitative estimate of drug-likeness (QED) is 0.248. The number of anilines is 1. The number of carbonyl (C=O) groups excluding carboxylic acids is 2. The zero-order chi connectivity index (χ0) is 26.8. The fourth-order valence-electron chi connectivity index (χ4n) is 4.37. The second-order valence-electron chi connectivity index (χ2n) is 9.00. The third-order valence-electron chi connectivity index (χ3n) is 6.30. The molecule has 8 nitrogen and oxygen atoms in total. The first kappa shape index (κ1) is 26.0. The number of methoxy groups -OCH3 is 1. The highest BCUT2D eigenvalue weighted by molar-refractivity contribution is 9.10. The summed E-state index contributed by atoms with van der Waals surface area (Å²) >= 11 is 4.80. The Morgan fingerprint density at radius 3 is 2.79 bits per heavy atom. The number of halogens is 1. The highest BCUT2D eigenvalue weighted by atomic mass is 79.9. The minimum atomic E-state index is -0.458. The van der Waals surface area contributed by atoms with Gasteiger partial charge in [0.1, 0.15) is 28.3 Å². The number of fused-ring (bicyclic) bond motifs is 2. The maximum atomic E-state index is 12.9. The van der Waals surface area contributed by atoms with Gasteiger partial charge in [-0.15, -0.1) is 11.3 Å². The number of carbonyl (C=O) groups is 2. The van der Waals surface area contributed by atoms with Crippen molar-refractivity contribution in [2.24, 2.45) is 5.92 Å². The van der Waals surface area contributed by atoms with E-state index in [-0.39, 0.29) is 17.8 Å². The number of hydrogen-bond acceptors (Lipinski definition) is 8. The van der Waals surface area contributed by atoms with Crippen LogP contribution in [0.2, 0.25) is 0 Å². The van der Waals surface area contributed by atoms with E-state index in [1.807, 2.05) is 6.07 Å². The molecule has 0 bridgehead atoms. The number of hydrogen-bond donors (Lipinski definition) is 1. The predicted octanol–water partition coefficient (Wildman–Crippen LogP) is 6.34. The fraction of sp³-hybridized carbons (Fsp3) is 0.250. The van der Waals surface area contributed by atoms with Crippen LogP contribution in [0.4, 0.5) is 5.00 Å². The molecule has 5 rings (SSSR count). The number of nitrogens with one attached hydrogen (secondary N) is 1. The first-order valence-corrected chi connectivity index (χ1v) is 13.6. The maximum absolute atomic E-state index is 12.9. The van der Waals surface area contributed by atoms with Gasteiger partial charge in [0, 0.05) is 10.9 Å². The van der Waals surface area contributed by atoms with Gasteiger partial charge in [0.15, 0.2) is 6.61 Å². The molecule has 1 amide bonds. The van der Waals surface area contributed by atoms with E-state index in [9.17, 15) is 14.4 Å². The predicted molar refractivity (Wildman–Crippen MR) is 148 cm³/mol. The van der Waals surface area contributed by atoms with Gasteiger partial charge in [-0.2, -0.15) is 0 Å². The Hall–Kier alpha value is -3.63. The summed E-state index contributed by atoms with van der Waals surface area (Å²) in [6.45, 7) is 1.88. The lowest BCUT2D eigenvalue weighted by molar-refractivity contribution is -0.118. The first-order valence-electron chi connectivity index (χ1n) is 12.0. The van der Waals surface area contributed by atoms with Crippen molar-refractivity contribution < 1.29 is 28.2 Å². The van der Waals surface area contributed by atoms with Gasteiger partial charge < -0.3 is 23.9 Å². The second-order valence-corrected chi connectivity index (χ2v) is 11.0. The Bertz CT molecular complexity index is 1590. The smallest absolute Gasteiger partial charge is 0.341 e. The van der Waals surface area contributed by atoms with Gasteiger partial charge in [0.2, 0.25) is 11.2 Å². The Kier molecular flexibility index (Phi) is 7.53.